The van der Waals surface area contributed by atoms with E-state index in [9.17, 15) is 4.39 Å². The van der Waals surface area contributed by atoms with Crippen molar-refractivity contribution in [3.8, 4) is 0 Å². The summed E-state index contributed by atoms with van der Waals surface area (Å²) < 4.78 is 12.8. The Morgan fingerprint density at radius 1 is 1.00 bits per heavy atom. The number of nitrogens with one attached hydrogen (secondary N) is 1. The van der Waals surface area contributed by atoms with Gasteiger partial charge in [0.05, 0.1) is 0 Å². The van der Waals surface area contributed by atoms with Crippen LogP contribution in [0.4, 0.5) is 4.39 Å². The maximum Gasteiger partial charge on any atom is 0.123 e. The third kappa shape index (κ3) is 5.86. The molecule has 0 radical (unpaired) electrons. The molecule has 0 saturated heterocycles. The first-order chi connectivity index (χ1) is 10.1. The molecule has 1 unspecified atom stereocenters. The summed E-state index contributed by atoms with van der Waals surface area (Å²) in [6, 6.07) is 15.1. The molecule has 3 heteroatoms. The molecule has 0 heterocycles. The van der Waals surface area contributed by atoms with Gasteiger partial charge in [0.25, 0.3) is 0 Å². The van der Waals surface area contributed by atoms with Gasteiger partial charge in [0.1, 0.15) is 5.82 Å². The van der Waals surface area contributed by atoms with Gasteiger partial charge in [-0.2, -0.15) is 0 Å². The van der Waals surface area contributed by atoms with Crippen LogP contribution in [0.25, 0.3) is 0 Å². The maximum atomic E-state index is 12.8. The largest absolute Gasteiger partial charge is 0.314 e. The highest BCUT2D eigenvalue weighted by Gasteiger charge is 2.03. The van der Waals surface area contributed by atoms with Crippen molar-refractivity contribution in [1.29, 1.82) is 0 Å². The molecule has 0 aliphatic heterocycles. The van der Waals surface area contributed by atoms with Crippen LogP contribution in [0.1, 0.15) is 24.5 Å². The average molecular weight is 306 g/mol. The van der Waals surface area contributed by atoms with E-state index in [2.05, 4.69) is 24.4 Å². The summed E-state index contributed by atoms with van der Waals surface area (Å²) in [6.45, 7) is 3.14. The van der Waals surface area contributed by atoms with Crippen LogP contribution in [0, 0.1) is 5.82 Å². The van der Waals surface area contributed by atoms with Gasteiger partial charge in [-0.3, -0.25) is 0 Å². The van der Waals surface area contributed by atoms with Crippen molar-refractivity contribution in [3.05, 3.63) is 70.5 Å². The number of hydrogen-bond donors (Lipinski definition) is 1. The zero-order valence-corrected chi connectivity index (χ0v) is 13.0. The van der Waals surface area contributed by atoms with E-state index in [1.807, 2.05) is 24.3 Å². The third-order valence-corrected chi connectivity index (χ3v) is 3.76. The van der Waals surface area contributed by atoms with E-state index in [4.69, 9.17) is 11.6 Å². The van der Waals surface area contributed by atoms with Crippen LogP contribution in [-0.4, -0.2) is 12.6 Å². The van der Waals surface area contributed by atoms with Gasteiger partial charge < -0.3 is 5.32 Å². The zero-order chi connectivity index (χ0) is 15.1. The standard InChI is InChI=1S/C18H21ClFN/c1-14(13-16-6-10-18(20)11-7-16)21-12-2-3-15-4-8-17(19)9-5-15/h4-11,14,21H,2-3,12-13H2,1H3. The molecule has 0 bridgehead atoms. The predicted molar refractivity (Wildman–Crippen MR) is 87.3 cm³/mol. The van der Waals surface area contributed by atoms with Crippen LogP contribution in [0.5, 0.6) is 0 Å². The van der Waals surface area contributed by atoms with Crippen molar-refractivity contribution in [2.75, 3.05) is 6.54 Å². The molecule has 1 atom stereocenters. The Morgan fingerprint density at radius 3 is 2.29 bits per heavy atom. The lowest BCUT2D eigenvalue weighted by Gasteiger charge is -2.14. The lowest BCUT2D eigenvalue weighted by Crippen LogP contribution is -2.29. The predicted octanol–water partition coefficient (Wildman–Crippen LogP) is 4.63. The molecule has 0 aliphatic rings. The molecule has 2 aromatic rings. The van der Waals surface area contributed by atoms with E-state index in [-0.39, 0.29) is 5.82 Å². The monoisotopic (exact) mass is 305 g/mol. The van der Waals surface area contributed by atoms with E-state index in [0.29, 0.717) is 6.04 Å². The summed E-state index contributed by atoms with van der Waals surface area (Å²) in [4.78, 5) is 0. The molecule has 21 heavy (non-hydrogen) atoms. The van der Waals surface area contributed by atoms with E-state index >= 15 is 0 Å². The summed E-state index contributed by atoms with van der Waals surface area (Å²) in [5.41, 5.74) is 2.47. The van der Waals surface area contributed by atoms with E-state index < -0.39 is 0 Å². The molecule has 2 aromatic carbocycles. The minimum atomic E-state index is -0.178. The van der Waals surface area contributed by atoms with Gasteiger partial charge in [0.15, 0.2) is 0 Å². The molecule has 0 amide bonds. The van der Waals surface area contributed by atoms with Crippen molar-refractivity contribution in [2.45, 2.75) is 32.2 Å². The Kier molecular flexibility index (Phi) is 6.21. The Hall–Kier alpha value is -1.38. The van der Waals surface area contributed by atoms with Gasteiger partial charge in [0, 0.05) is 11.1 Å². The molecule has 0 aromatic heterocycles. The normalized spacial score (nSPS) is 12.3. The molecule has 0 fully saturated rings. The SMILES string of the molecule is CC(Cc1ccc(F)cc1)NCCCc1ccc(Cl)cc1. The summed E-state index contributed by atoms with van der Waals surface area (Å²) in [5.74, 6) is -0.178. The van der Waals surface area contributed by atoms with Crippen LogP contribution in [-0.2, 0) is 12.8 Å². The Morgan fingerprint density at radius 2 is 1.62 bits per heavy atom. The molecule has 1 nitrogen and oxygen atoms in total. The number of hydrogen-bond acceptors (Lipinski definition) is 1. The van der Waals surface area contributed by atoms with Crippen molar-refractivity contribution in [2.24, 2.45) is 0 Å². The molecular formula is C18H21ClFN. The molecule has 0 saturated carbocycles. The molecule has 1 N–H and O–H groups in total. The Bertz CT molecular complexity index is 536. The highest BCUT2D eigenvalue weighted by atomic mass is 35.5. The molecule has 2 rings (SSSR count). The van der Waals surface area contributed by atoms with E-state index in [0.717, 1.165) is 36.4 Å². The van der Waals surface area contributed by atoms with Gasteiger partial charge in [0.2, 0.25) is 0 Å². The Balaban J connectivity index is 1.66. The summed E-state index contributed by atoms with van der Waals surface area (Å²) in [6.07, 6.45) is 3.06. The molecular weight excluding hydrogens is 285 g/mol. The topological polar surface area (TPSA) is 12.0 Å². The van der Waals surface area contributed by atoms with E-state index in [1.54, 1.807) is 0 Å². The van der Waals surface area contributed by atoms with Crippen LogP contribution in [0.2, 0.25) is 5.02 Å². The molecule has 0 aliphatic carbocycles. The highest BCUT2D eigenvalue weighted by Crippen LogP contribution is 2.11. The number of rotatable bonds is 7. The molecule has 0 spiro atoms. The van der Waals surface area contributed by atoms with Crippen LogP contribution in [0.15, 0.2) is 48.5 Å². The van der Waals surface area contributed by atoms with Crippen molar-refractivity contribution in [1.82, 2.24) is 5.32 Å². The minimum absolute atomic E-state index is 0.178. The fraction of sp³-hybridized carbons (Fsp3) is 0.333. The second-order valence-electron chi connectivity index (χ2n) is 5.42. The second kappa shape index (κ2) is 8.16. The Labute approximate surface area is 131 Å². The van der Waals surface area contributed by atoms with Gasteiger partial charge in [-0.25, -0.2) is 4.39 Å². The fourth-order valence-corrected chi connectivity index (χ4v) is 2.46. The van der Waals surface area contributed by atoms with Gasteiger partial charge >= 0.3 is 0 Å². The second-order valence-corrected chi connectivity index (χ2v) is 5.85. The van der Waals surface area contributed by atoms with Crippen molar-refractivity contribution >= 4 is 11.6 Å². The smallest absolute Gasteiger partial charge is 0.123 e. The van der Waals surface area contributed by atoms with Gasteiger partial charge in [-0.05, 0) is 68.1 Å². The van der Waals surface area contributed by atoms with E-state index in [1.165, 1.54) is 17.7 Å². The average Bonchev–Trinajstić information content (AvgIpc) is 2.48. The number of benzene rings is 2. The first-order valence-corrected chi connectivity index (χ1v) is 7.73. The van der Waals surface area contributed by atoms with Crippen LogP contribution >= 0.6 is 11.6 Å². The maximum absolute atomic E-state index is 12.8. The quantitative estimate of drug-likeness (QED) is 0.735. The first kappa shape index (κ1) is 16.0. The fourth-order valence-electron chi connectivity index (χ4n) is 2.34. The lowest BCUT2D eigenvalue weighted by atomic mass is 10.1. The molecule has 112 valence electrons. The third-order valence-electron chi connectivity index (χ3n) is 3.50. The van der Waals surface area contributed by atoms with Crippen LogP contribution in [0.3, 0.4) is 0 Å². The minimum Gasteiger partial charge on any atom is -0.314 e. The highest BCUT2D eigenvalue weighted by molar-refractivity contribution is 6.30. The first-order valence-electron chi connectivity index (χ1n) is 7.36. The number of aryl methyl sites for hydroxylation is 1. The lowest BCUT2D eigenvalue weighted by molar-refractivity contribution is 0.533. The summed E-state index contributed by atoms with van der Waals surface area (Å²) in [7, 11) is 0. The van der Waals surface area contributed by atoms with Gasteiger partial charge in [-0.1, -0.05) is 35.9 Å². The zero-order valence-electron chi connectivity index (χ0n) is 12.3. The van der Waals surface area contributed by atoms with Gasteiger partial charge in [-0.15, -0.1) is 0 Å². The van der Waals surface area contributed by atoms with Crippen molar-refractivity contribution < 1.29 is 4.39 Å². The summed E-state index contributed by atoms with van der Waals surface area (Å²) >= 11 is 5.87. The van der Waals surface area contributed by atoms with Crippen LogP contribution < -0.4 is 5.32 Å². The summed E-state index contributed by atoms with van der Waals surface area (Å²) in [5, 5.41) is 4.29. The van der Waals surface area contributed by atoms with Crippen molar-refractivity contribution in [3.63, 3.8) is 0 Å². The number of halogens is 2.